The van der Waals surface area contributed by atoms with Crippen molar-refractivity contribution in [2.24, 2.45) is 5.41 Å². The number of hydrogen-bond donors (Lipinski definition) is 0. The molecule has 1 aromatic carbocycles. The van der Waals surface area contributed by atoms with Gasteiger partial charge in [0.25, 0.3) is 0 Å². The van der Waals surface area contributed by atoms with E-state index in [1.807, 2.05) is 36.9 Å². The Bertz CT molecular complexity index is 528. The van der Waals surface area contributed by atoms with Crippen LogP contribution in [0.2, 0.25) is 0 Å². The number of carbonyl (C=O) groups is 1. The summed E-state index contributed by atoms with van der Waals surface area (Å²) in [6, 6.07) is 10.5. The lowest BCUT2D eigenvalue weighted by Crippen LogP contribution is -2.35. The van der Waals surface area contributed by atoms with Gasteiger partial charge in [0.1, 0.15) is 0 Å². The first-order valence-electron chi connectivity index (χ1n) is 7.33. The molecular weight excluding hydrogens is 248 g/mol. The number of nitrogens with zero attached hydrogens (tertiary/aromatic N) is 2. The monoisotopic (exact) mass is 270 g/mol. The minimum absolute atomic E-state index is 0.225. The summed E-state index contributed by atoms with van der Waals surface area (Å²) >= 11 is 0. The summed E-state index contributed by atoms with van der Waals surface area (Å²) in [6.45, 7) is 4.69. The Hall–Kier alpha value is -1.82. The lowest BCUT2D eigenvalue weighted by Gasteiger charge is -2.29. The molecule has 0 unspecified atom stereocenters. The van der Waals surface area contributed by atoms with E-state index >= 15 is 0 Å². The minimum Gasteiger partial charge on any atom is -0.312 e. The van der Waals surface area contributed by atoms with Crippen molar-refractivity contribution in [1.29, 1.82) is 5.26 Å². The highest BCUT2D eigenvalue weighted by Crippen LogP contribution is 2.28. The number of benzene rings is 1. The molecule has 0 saturated heterocycles. The van der Waals surface area contributed by atoms with Crippen LogP contribution in [0, 0.1) is 16.7 Å². The molecule has 3 heteroatoms. The van der Waals surface area contributed by atoms with Gasteiger partial charge in [-0.3, -0.25) is 4.79 Å². The van der Waals surface area contributed by atoms with Crippen LogP contribution in [0.3, 0.4) is 0 Å². The van der Waals surface area contributed by atoms with Crippen LogP contribution in [0.4, 0.5) is 5.69 Å². The number of unbranched alkanes of at least 4 members (excludes halogenated alkanes) is 1. The minimum atomic E-state index is -0.260. The van der Waals surface area contributed by atoms with Crippen molar-refractivity contribution in [2.75, 3.05) is 11.4 Å². The SMILES string of the molecule is CC(C)(C#N)CCCCN1C(=O)CCc2ccccc21. The number of amides is 1. The third kappa shape index (κ3) is 3.39. The fourth-order valence-corrected chi connectivity index (χ4v) is 2.63. The number of fused-ring (bicyclic) bond motifs is 1. The largest absolute Gasteiger partial charge is 0.312 e. The van der Waals surface area contributed by atoms with E-state index in [9.17, 15) is 4.79 Å². The molecule has 1 aliphatic heterocycles. The van der Waals surface area contributed by atoms with Gasteiger partial charge < -0.3 is 4.90 Å². The molecule has 20 heavy (non-hydrogen) atoms. The zero-order valence-corrected chi connectivity index (χ0v) is 12.4. The summed E-state index contributed by atoms with van der Waals surface area (Å²) in [5.41, 5.74) is 2.08. The third-order valence-corrected chi connectivity index (χ3v) is 3.93. The zero-order chi connectivity index (χ0) is 14.6. The molecule has 1 amide bonds. The van der Waals surface area contributed by atoms with Crippen molar-refractivity contribution in [3.05, 3.63) is 29.8 Å². The molecular formula is C17H22N2O. The van der Waals surface area contributed by atoms with Crippen molar-refractivity contribution in [1.82, 2.24) is 0 Å². The number of carbonyl (C=O) groups excluding carboxylic acids is 1. The number of hydrogen-bond acceptors (Lipinski definition) is 2. The topological polar surface area (TPSA) is 44.1 Å². The average molecular weight is 270 g/mol. The molecule has 1 aromatic rings. The van der Waals surface area contributed by atoms with Gasteiger partial charge in [-0.15, -0.1) is 0 Å². The molecule has 0 radical (unpaired) electrons. The lowest BCUT2D eigenvalue weighted by molar-refractivity contribution is -0.118. The van der Waals surface area contributed by atoms with Gasteiger partial charge in [0.2, 0.25) is 5.91 Å². The van der Waals surface area contributed by atoms with Gasteiger partial charge in [0.05, 0.1) is 11.5 Å². The normalized spacial score (nSPS) is 14.8. The molecule has 0 aliphatic carbocycles. The lowest BCUT2D eigenvalue weighted by atomic mass is 9.89. The van der Waals surface area contributed by atoms with E-state index in [0.717, 1.165) is 37.9 Å². The van der Waals surface area contributed by atoms with E-state index in [1.165, 1.54) is 5.56 Å². The Kier molecular flexibility index (Phi) is 4.44. The van der Waals surface area contributed by atoms with E-state index < -0.39 is 0 Å². The maximum atomic E-state index is 12.1. The third-order valence-electron chi connectivity index (χ3n) is 3.93. The Morgan fingerprint density at radius 1 is 1.25 bits per heavy atom. The van der Waals surface area contributed by atoms with Crippen LogP contribution in [0.25, 0.3) is 0 Å². The number of nitriles is 1. The standard InChI is InChI=1S/C17H22N2O/c1-17(2,13-18)11-5-6-12-19-15-8-4-3-7-14(15)9-10-16(19)20/h3-4,7-8H,5-6,9-12H2,1-2H3. The maximum absolute atomic E-state index is 12.1. The first-order valence-corrected chi connectivity index (χ1v) is 7.33. The first kappa shape index (κ1) is 14.6. The van der Waals surface area contributed by atoms with Crippen LogP contribution in [0.1, 0.15) is 45.1 Å². The van der Waals surface area contributed by atoms with Crippen molar-refractivity contribution >= 4 is 11.6 Å². The molecule has 3 nitrogen and oxygen atoms in total. The van der Waals surface area contributed by atoms with Crippen molar-refractivity contribution in [3.8, 4) is 6.07 Å². The second-order valence-corrected chi connectivity index (χ2v) is 6.13. The van der Waals surface area contributed by atoms with Crippen molar-refractivity contribution in [2.45, 2.75) is 46.0 Å². The molecule has 0 N–H and O–H groups in total. The molecule has 0 atom stereocenters. The zero-order valence-electron chi connectivity index (χ0n) is 12.4. The van der Waals surface area contributed by atoms with Crippen molar-refractivity contribution in [3.63, 3.8) is 0 Å². The van der Waals surface area contributed by atoms with Crippen LogP contribution >= 0.6 is 0 Å². The molecule has 1 aliphatic rings. The molecule has 0 aromatic heterocycles. The molecule has 0 saturated carbocycles. The van der Waals surface area contributed by atoms with E-state index in [4.69, 9.17) is 5.26 Å². The van der Waals surface area contributed by atoms with Crippen LogP contribution in [0.5, 0.6) is 0 Å². The summed E-state index contributed by atoms with van der Waals surface area (Å²) in [5.74, 6) is 0.225. The Balaban J connectivity index is 1.93. The average Bonchev–Trinajstić information content (AvgIpc) is 2.45. The fourth-order valence-electron chi connectivity index (χ4n) is 2.63. The molecule has 0 bridgehead atoms. The summed E-state index contributed by atoms with van der Waals surface area (Å²) in [5, 5.41) is 9.00. The predicted octanol–water partition coefficient (Wildman–Crippen LogP) is 3.69. The van der Waals surface area contributed by atoms with Gasteiger partial charge in [-0.2, -0.15) is 5.26 Å². The van der Waals surface area contributed by atoms with Crippen LogP contribution in [-0.4, -0.2) is 12.5 Å². The molecule has 2 rings (SSSR count). The van der Waals surface area contributed by atoms with Crippen molar-refractivity contribution < 1.29 is 4.79 Å². The van der Waals surface area contributed by atoms with Gasteiger partial charge in [-0.25, -0.2) is 0 Å². The Morgan fingerprint density at radius 3 is 2.75 bits per heavy atom. The van der Waals surface area contributed by atoms with Gasteiger partial charge in [-0.05, 0) is 44.7 Å². The summed E-state index contributed by atoms with van der Waals surface area (Å²) in [7, 11) is 0. The smallest absolute Gasteiger partial charge is 0.227 e. The quantitative estimate of drug-likeness (QED) is 0.766. The van der Waals surface area contributed by atoms with Gasteiger partial charge in [0.15, 0.2) is 0 Å². The predicted molar refractivity (Wildman–Crippen MR) is 80.4 cm³/mol. The fraction of sp³-hybridized carbons (Fsp3) is 0.529. The molecule has 106 valence electrons. The highest BCUT2D eigenvalue weighted by atomic mass is 16.2. The molecule has 0 spiro atoms. The number of rotatable bonds is 5. The maximum Gasteiger partial charge on any atom is 0.227 e. The first-order chi connectivity index (χ1) is 9.53. The second kappa shape index (κ2) is 6.09. The van der Waals surface area contributed by atoms with Crippen LogP contribution < -0.4 is 4.90 Å². The van der Waals surface area contributed by atoms with E-state index in [1.54, 1.807) is 0 Å². The van der Waals surface area contributed by atoms with Gasteiger partial charge >= 0.3 is 0 Å². The molecule has 1 heterocycles. The Labute approximate surface area is 121 Å². The number of anilines is 1. The summed E-state index contributed by atoms with van der Waals surface area (Å²) in [4.78, 5) is 14.0. The van der Waals surface area contributed by atoms with Crippen LogP contribution in [-0.2, 0) is 11.2 Å². The van der Waals surface area contributed by atoms with E-state index in [-0.39, 0.29) is 11.3 Å². The number of aryl methyl sites for hydroxylation is 1. The second-order valence-electron chi connectivity index (χ2n) is 6.13. The molecule has 0 fully saturated rings. The highest BCUT2D eigenvalue weighted by Gasteiger charge is 2.23. The van der Waals surface area contributed by atoms with Gasteiger partial charge in [0, 0.05) is 18.7 Å². The summed E-state index contributed by atoms with van der Waals surface area (Å²) in [6.07, 6.45) is 4.28. The van der Waals surface area contributed by atoms with Crippen LogP contribution in [0.15, 0.2) is 24.3 Å². The highest BCUT2D eigenvalue weighted by molar-refractivity contribution is 5.96. The number of para-hydroxylation sites is 1. The van der Waals surface area contributed by atoms with Gasteiger partial charge in [-0.1, -0.05) is 24.6 Å². The Morgan fingerprint density at radius 2 is 2.00 bits per heavy atom. The van der Waals surface area contributed by atoms with E-state index in [0.29, 0.717) is 6.42 Å². The summed E-state index contributed by atoms with van der Waals surface area (Å²) < 4.78 is 0. The van der Waals surface area contributed by atoms with E-state index in [2.05, 4.69) is 12.1 Å².